The number of rotatable bonds is 6. The van der Waals surface area contributed by atoms with Crippen LogP contribution in [0.2, 0.25) is 0 Å². The summed E-state index contributed by atoms with van der Waals surface area (Å²) >= 11 is 0. The first-order valence-electron chi connectivity index (χ1n) is 8.24. The molecule has 8 heteroatoms. The van der Waals surface area contributed by atoms with E-state index in [2.05, 4.69) is 25.5 Å². The zero-order valence-corrected chi connectivity index (χ0v) is 14.6. The van der Waals surface area contributed by atoms with E-state index in [1.54, 1.807) is 14.2 Å². The van der Waals surface area contributed by atoms with E-state index in [1.165, 1.54) is 0 Å². The summed E-state index contributed by atoms with van der Waals surface area (Å²) in [4.78, 5) is 10.8. The van der Waals surface area contributed by atoms with Crippen LogP contribution in [-0.4, -0.2) is 50.4 Å². The van der Waals surface area contributed by atoms with Crippen LogP contribution < -0.4 is 30.7 Å². The molecule has 1 aliphatic rings. The van der Waals surface area contributed by atoms with Gasteiger partial charge >= 0.3 is 0 Å². The summed E-state index contributed by atoms with van der Waals surface area (Å²) in [5.74, 6) is 3.23. The van der Waals surface area contributed by atoms with Crippen molar-refractivity contribution in [3.8, 4) is 11.5 Å². The number of benzene rings is 1. The molecule has 8 nitrogen and oxygen atoms in total. The van der Waals surface area contributed by atoms with Gasteiger partial charge in [-0.2, -0.15) is 9.97 Å². The molecule has 1 aromatic carbocycles. The first kappa shape index (κ1) is 17.1. The van der Waals surface area contributed by atoms with Crippen LogP contribution in [0.15, 0.2) is 24.3 Å². The number of nitrogens with zero attached hydrogens (tertiary/aromatic N) is 3. The minimum Gasteiger partial charge on any atom is -0.493 e. The minimum absolute atomic E-state index is 0.269. The minimum atomic E-state index is 0.269. The molecule has 25 heavy (non-hydrogen) atoms. The molecule has 2 heterocycles. The van der Waals surface area contributed by atoms with E-state index >= 15 is 0 Å². The Morgan fingerprint density at radius 1 is 1.12 bits per heavy atom. The molecule has 0 spiro atoms. The molecule has 1 fully saturated rings. The zero-order chi connectivity index (χ0) is 17.6. The van der Waals surface area contributed by atoms with Gasteiger partial charge < -0.3 is 30.7 Å². The van der Waals surface area contributed by atoms with Gasteiger partial charge in [0.2, 0.25) is 5.95 Å². The van der Waals surface area contributed by atoms with Gasteiger partial charge in [-0.3, -0.25) is 0 Å². The molecule has 134 valence electrons. The third kappa shape index (κ3) is 4.21. The van der Waals surface area contributed by atoms with Crippen molar-refractivity contribution in [2.24, 2.45) is 0 Å². The Bertz CT molecular complexity index is 718. The highest BCUT2D eigenvalue weighted by molar-refractivity contribution is 5.53. The monoisotopic (exact) mass is 344 g/mol. The van der Waals surface area contributed by atoms with Crippen molar-refractivity contribution in [3.05, 3.63) is 29.8 Å². The first-order chi connectivity index (χ1) is 12.2. The summed E-state index contributed by atoms with van der Waals surface area (Å²) in [6.07, 6.45) is 0. The topological polar surface area (TPSA) is 97.6 Å². The number of nitrogens with one attached hydrogen (secondary N) is 2. The van der Waals surface area contributed by atoms with Crippen molar-refractivity contribution in [2.75, 3.05) is 56.3 Å². The van der Waals surface area contributed by atoms with Crippen molar-refractivity contribution < 1.29 is 9.47 Å². The van der Waals surface area contributed by atoms with Crippen LogP contribution in [0.5, 0.6) is 11.5 Å². The maximum Gasteiger partial charge on any atom is 0.223 e. The molecule has 1 saturated heterocycles. The molecule has 0 aliphatic carbocycles. The number of hydrogen-bond donors (Lipinski definition) is 3. The number of piperazine rings is 1. The molecule has 0 saturated carbocycles. The van der Waals surface area contributed by atoms with Gasteiger partial charge in [0, 0.05) is 38.8 Å². The lowest BCUT2D eigenvalue weighted by Gasteiger charge is -2.28. The van der Waals surface area contributed by atoms with Gasteiger partial charge in [-0.05, 0) is 17.7 Å². The number of aromatic nitrogens is 2. The van der Waals surface area contributed by atoms with Gasteiger partial charge in [0.1, 0.15) is 11.6 Å². The molecule has 1 aliphatic heterocycles. The number of ether oxygens (including phenoxy) is 2. The Labute approximate surface area is 147 Å². The highest BCUT2D eigenvalue weighted by Gasteiger charge is 2.14. The van der Waals surface area contributed by atoms with E-state index in [9.17, 15) is 0 Å². The van der Waals surface area contributed by atoms with E-state index in [-0.39, 0.29) is 5.95 Å². The summed E-state index contributed by atoms with van der Waals surface area (Å²) in [6, 6.07) is 7.74. The fraction of sp³-hybridized carbons (Fsp3) is 0.412. The van der Waals surface area contributed by atoms with Gasteiger partial charge in [0.25, 0.3) is 0 Å². The molecule has 0 radical (unpaired) electrons. The molecular weight excluding hydrogens is 320 g/mol. The second-order valence-corrected chi connectivity index (χ2v) is 5.75. The second-order valence-electron chi connectivity index (χ2n) is 5.75. The number of nitrogen functional groups attached to an aromatic ring is 1. The van der Waals surface area contributed by atoms with Crippen molar-refractivity contribution >= 4 is 17.6 Å². The predicted molar refractivity (Wildman–Crippen MR) is 98.4 cm³/mol. The van der Waals surface area contributed by atoms with Gasteiger partial charge in [-0.15, -0.1) is 0 Å². The second kappa shape index (κ2) is 7.89. The summed E-state index contributed by atoms with van der Waals surface area (Å²) in [7, 11) is 3.25. The third-order valence-electron chi connectivity index (χ3n) is 4.09. The molecule has 0 amide bonds. The summed E-state index contributed by atoms with van der Waals surface area (Å²) in [6.45, 7) is 4.30. The predicted octanol–water partition coefficient (Wildman–Crippen LogP) is 1.10. The van der Waals surface area contributed by atoms with Crippen LogP contribution in [-0.2, 0) is 6.54 Å². The van der Waals surface area contributed by atoms with Crippen LogP contribution in [0, 0.1) is 0 Å². The normalized spacial score (nSPS) is 14.2. The van der Waals surface area contributed by atoms with Crippen LogP contribution in [0.3, 0.4) is 0 Å². The van der Waals surface area contributed by atoms with Gasteiger partial charge in [-0.1, -0.05) is 6.07 Å². The zero-order valence-electron chi connectivity index (χ0n) is 14.6. The Morgan fingerprint density at radius 2 is 1.88 bits per heavy atom. The Kier molecular flexibility index (Phi) is 5.39. The highest BCUT2D eigenvalue weighted by atomic mass is 16.5. The average Bonchev–Trinajstić information content (AvgIpc) is 2.66. The molecule has 0 bridgehead atoms. The maximum atomic E-state index is 5.88. The van der Waals surface area contributed by atoms with Crippen LogP contribution in [0.25, 0.3) is 0 Å². The lowest BCUT2D eigenvalue weighted by Crippen LogP contribution is -2.44. The SMILES string of the molecule is COc1ccc(CNc2cc(N3CCNCC3)nc(N)n2)cc1OC. The quantitative estimate of drug-likeness (QED) is 0.717. The number of methoxy groups -OCH3 is 2. The number of hydrogen-bond acceptors (Lipinski definition) is 8. The van der Waals surface area contributed by atoms with Crippen molar-refractivity contribution in [1.82, 2.24) is 15.3 Å². The molecule has 3 rings (SSSR count). The van der Waals surface area contributed by atoms with Gasteiger partial charge in [0.15, 0.2) is 11.5 Å². The largest absolute Gasteiger partial charge is 0.493 e. The number of nitrogens with two attached hydrogens (primary N) is 1. The Balaban J connectivity index is 1.71. The summed E-state index contributed by atoms with van der Waals surface area (Å²) in [5, 5.41) is 6.63. The summed E-state index contributed by atoms with van der Waals surface area (Å²) in [5.41, 5.74) is 6.93. The van der Waals surface area contributed by atoms with Gasteiger partial charge in [0.05, 0.1) is 14.2 Å². The van der Waals surface area contributed by atoms with Crippen molar-refractivity contribution in [2.45, 2.75) is 6.54 Å². The lowest BCUT2D eigenvalue weighted by molar-refractivity contribution is 0.354. The maximum absolute atomic E-state index is 5.88. The lowest BCUT2D eigenvalue weighted by atomic mass is 10.2. The van der Waals surface area contributed by atoms with E-state index in [4.69, 9.17) is 15.2 Å². The summed E-state index contributed by atoms with van der Waals surface area (Å²) < 4.78 is 10.6. The van der Waals surface area contributed by atoms with Crippen LogP contribution >= 0.6 is 0 Å². The van der Waals surface area contributed by atoms with E-state index < -0.39 is 0 Å². The first-order valence-corrected chi connectivity index (χ1v) is 8.24. The van der Waals surface area contributed by atoms with E-state index in [1.807, 2.05) is 24.3 Å². The highest BCUT2D eigenvalue weighted by Crippen LogP contribution is 2.28. The van der Waals surface area contributed by atoms with E-state index in [0.717, 1.165) is 37.6 Å². The fourth-order valence-corrected chi connectivity index (χ4v) is 2.78. The Morgan fingerprint density at radius 3 is 2.60 bits per heavy atom. The van der Waals surface area contributed by atoms with Gasteiger partial charge in [-0.25, -0.2) is 0 Å². The van der Waals surface area contributed by atoms with Crippen LogP contribution in [0.1, 0.15) is 5.56 Å². The third-order valence-corrected chi connectivity index (χ3v) is 4.09. The average molecular weight is 344 g/mol. The molecule has 4 N–H and O–H groups in total. The van der Waals surface area contributed by atoms with Crippen molar-refractivity contribution in [3.63, 3.8) is 0 Å². The molecular formula is C17H24N6O2. The van der Waals surface area contributed by atoms with Crippen LogP contribution in [0.4, 0.5) is 17.6 Å². The molecule has 1 aromatic heterocycles. The Hall–Kier alpha value is -2.74. The van der Waals surface area contributed by atoms with Crippen molar-refractivity contribution in [1.29, 1.82) is 0 Å². The smallest absolute Gasteiger partial charge is 0.223 e. The number of anilines is 3. The molecule has 2 aromatic rings. The molecule has 0 unspecified atom stereocenters. The fourth-order valence-electron chi connectivity index (χ4n) is 2.78. The molecule has 0 atom stereocenters. The van der Waals surface area contributed by atoms with E-state index in [0.29, 0.717) is 23.9 Å². The standard InChI is InChI=1S/C17H24N6O2/c1-24-13-4-3-12(9-14(13)25-2)11-20-15-10-16(22-17(18)21-15)23-7-5-19-6-8-23/h3-4,9-10,19H,5-8,11H2,1-2H3,(H3,18,20,21,22).